The Morgan fingerprint density at radius 2 is 1.50 bits per heavy atom. The van der Waals surface area contributed by atoms with Gasteiger partial charge < -0.3 is 20.1 Å². The van der Waals surface area contributed by atoms with E-state index in [1.54, 1.807) is 6.92 Å². The normalized spacial score (nSPS) is 20.2. The molecule has 0 unspecified atom stereocenters. The first-order valence-electron chi connectivity index (χ1n) is 7.16. The number of rotatable bonds is 3. The maximum absolute atomic E-state index is 11.7. The van der Waals surface area contributed by atoms with Gasteiger partial charge in [-0.2, -0.15) is 0 Å². The summed E-state index contributed by atoms with van der Waals surface area (Å²) in [6.07, 6.45) is -7.15. The molecule has 0 radical (unpaired) electrons. The first-order valence-corrected chi connectivity index (χ1v) is 7.16. The Hall–Kier alpha value is -3.62. The molecule has 1 heterocycles. The molecule has 1 rings (SSSR count). The summed E-state index contributed by atoms with van der Waals surface area (Å²) >= 11 is 0. The molecule has 1 aliphatic rings. The van der Waals surface area contributed by atoms with Gasteiger partial charge in [0.05, 0.1) is 6.42 Å². The third-order valence-corrected chi connectivity index (χ3v) is 2.83. The van der Waals surface area contributed by atoms with Crippen LogP contribution in [0.25, 0.3) is 0 Å². The largest absolute Gasteiger partial charge is 0.454 e. The lowest BCUT2D eigenvalue weighted by atomic mass is 10.0. The van der Waals surface area contributed by atoms with E-state index in [-0.39, 0.29) is 6.42 Å². The summed E-state index contributed by atoms with van der Waals surface area (Å²) in [5.41, 5.74) is 0. The minimum absolute atomic E-state index is 0.381. The topological polar surface area (TPSA) is 104 Å². The molecule has 4 atom stereocenters. The highest BCUT2D eigenvalue weighted by molar-refractivity contribution is 5.87. The van der Waals surface area contributed by atoms with Crippen molar-refractivity contribution in [3.8, 4) is 71.0 Å². The Labute approximate surface area is 150 Å². The molecule has 0 bridgehead atoms. The number of carbonyl (C=O) groups is 2. The van der Waals surface area contributed by atoms with Crippen LogP contribution in [0.1, 0.15) is 13.3 Å². The average Bonchev–Trinajstić information content (AvgIpc) is 2.89. The number of hydrogen-bond acceptors (Lipinski definition) is 6. The zero-order valence-corrected chi connectivity index (χ0v) is 13.6. The Morgan fingerprint density at radius 1 is 1.00 bits per heavy atom. The quantitative estimate of drug-likeness (QED) is 0.402. The molecule has 1 aliphatic heterocycles. The molecule has 6 heteroatoms. The zero-order chi connectivity index (χ0) is 19.4. The fourth-order valence-corrected chi connectivity index (χ4v) is 1.62. The molecule has 3 N–H and O–H groups in total. The molecule has 128 valence electrons. The molecule has 1 fully saturated rings. The maximum atomic E-state index is 11.7. The van der Waals surface area contributed by atoms with Gasteiger partial charge in [0.1, 0.15) is 6.10 Å². The summed E-state index contributed by atoms with van der Waals surface area (Å²) in [6, 6.07) is 0. The molecule has 0 aromatic carbocycles. The van der Waals surface area contributed by atoms with Crippen LogP contribution in [-0.4, -0.2) is 51.5 Å². The Bertz CT molecular complexity index is 938. The molecule has 0 aliphatic carbocycles. The Morgan fingerprint density at radius 3 is 1.96 bits per heavy atom. The van der Waals surface area contributed by atoms with E-state index in [1.165, 1.54) is 0 Å². The monoisotopic (exact) mass is 348 g/mol. The van der Waals surface area contributed by atoms with E-state index >= 15 is 0 Å². The molecule has 6 nitrogen and oxygen atoms in total. The number of cyclic esters (lactones) is 1. The number of aliphatic hydroxyl groups is 3. The first kappa shape index (κ1) is 20.4. The van der Waals surface area contributed by atoms with Crippen LogP contribution < -0.4 is 0 Å². The van der Waals surface area contributed by atoms with Gasteiger partial charge in [0, 0.05) is 0 Å². The summed E-state index contributed by atoms with van der Waals surface area (Å²) in [7, 11) is 0. The molecular weight excluding hydrogens is 336 g/mol. The van der Waals surface area contributed by atoms with E-state index < -0.39 is 36.2 Å². The van der Waals surface area contributed by atoms with Crippen molar-refractivity contribution in [3.05, 3.63) is 0 Å². The van der Waals surface area contributed by atoms with Crippen LogP contribution in [0.15, 0.2) is 0 Å². The number of esters is 1. The fraction of sp³-hybridized carbons (Fsp3) is 0.300. The summed E-state index contributed by atoms with van der Waals surface area (Å²) in [5, 5.41) is 28.5. The molecule has 1 saturated heterocycles. The lowest BCUT2D eigenvalue weighted by Crippen LogP contribution is -2.42. The van der Waals surface area contributed by atoms with Crippen molar-refractivity contribution in [2.45, 2.75) is 37.8 Å². The SMILES string of the molecule is CC#CC#CC#CC#CC#CC#CCC(=O)[C@H](O)[C@H]1OC(=O)[C@@H](O)[C@H]1O. The number of aliphatic hydroxyl groups excluding tert-OH is 3. The minimum Gasteiger partial charge on any atom is -0.454 e. The Balaban J connectivity index is 2.49. The average molecular weight is 348 g/mol. The second-order valence-electron chi connectivity index (χ2n) is 4.60. The van der Waals surface area contributed by atoms with Crippen LogP contribution in [-0.2, 0) is 14.3 Å². The molecule has 0 saturated carbocycles. The molecule has 0 spiro atoms. The van der Waals surface area contributed by atoms with Gasteiger partial charge in [0.2, 0.25) is 0 Å². The van der Waals surface area contributed by atoms with Crippen molar-refractivity contribution in [1.82, 2.24) is 0 Å². The van der Waals surface area contributed by atoms with Gasteiger partial charge in [0.15, 0.2) is 24.1 Å². The molecule has 0 amide bonds. The Kier molecular flexibility index (Phi) is 8.66. The van der Waals surface area contributed by atoms with Crippen molar-refractivity contribution < 1.29 is 29.6 Å². The molecule has 0 aromatic rings. The maximum Gasteiger partial charge on any atom is 0.338 e. The van der Waals surface area contributed by atoms with Gasteiger partial charge in [-0.3, -0.25) is 4.79 Å². The van der Waals surface area contributed by atoms with Crippen LogP contribution >= 0.6 is 0 Å². The van der Waals surface area contributed by atoms with Crippen molar-refractivity contribution in [2.75, 3.05) is 0 Å². The van der Waals surface area contributed by atoms with Gasteiger partial charge in [-0.05, 0) is 66.1 Å². The van der Waals surface area contributed by atoms with Gasteiger partial charge in [-0.15, -0.1) is 0 Å². The number of carbonyl (C=O) groups excluding carboxylic acids is 2. The summed E-state index contributed by atoms with van der Waals surface area (Å²) in [4.78, 5) is 22.8. The predicted molar refractivity (Wildman–Crippen MR) is 89.9 cm³/mol. The van der Waals surface area contributed by atoms with E-state index in [4.69, 9.17) is 0 Å². The smallest absolute Gasteiger partial charge is 0.338 e. The second-order valence-corrected chi connectivity index (χ2v) is 4.60. The highest BCUT2D eigenvalue weighted by Gasteiger charge is 2.47. The molecule has 0 aromatic heterocycles. The van der Waals surface area contributed by atoms with Gasteiger partial charge >= 0.3 is 5.97 Å². The number of ketones is 1. The minimum atomic E-state index is -1.79. The number of hydrogen-bond donors (Lipinski definition) is 3. The standard InChI is InChI=1S/C20H12O6/c1-2-3-4-5-6-7-8-9-10-11-12-13-14-15(21)16(22)19-17(23)18(24)20(25)26-19/h16-19,22-24H,14H2,1H3/t16-,17+,18-,19+/m0/s1. The molecular formula is C20H12O6. The summed E-state index contributed by atoms with van der Waals surface area (Å²) in [6.45, 7) is 1.66. The van der Waals surface area contributed by atoms with E-state index in [9.17, 15) is 24.9 Å². The summed E-state index contributed by atoms with van der Waals surface area (Å²) in [5.74, 6) is 27.4. The van der Waals surface area contributed by atoms with Gasteiger partial charge in [0.25, 0.3) is 0 Å². The van der Waals surface area contributed by atoms with Crippen LogP contribution in [0, 0.1) is 71.0 Å². The van der Waals surface area contributed by atoms with Crippen molar-refractivity contribution in [3.63, 3.8) is 0 Å². The zero-order valence-electron chi connectivity index (χ0n) is 13.6. The van der Waals surface area contributed by atoms with E-state index in [2.05, 4.69) is 75.8 Å². The first-order chi connectivity index (χ1) is 12.5. The van der Waals surface area contributed by atoms with Crippen molar-refractivity contribution in [2.24, 2.45) is 0 Å². The van der Waals surface area contributed by atoms with Crippen LogP contribution in [0.2, 0.25) is 0 Å². The third-order valence-electron chi connectivity index (χ3n) is 2.83. The van der Waals surface area contributed by atoms with E-state index in [0.717, 1.165) is 0 Å². The van der Waals surface area contributed by atoms with Crippen LogP contribution in [0.4, 0.5) is 0 Å². The fourth-order valence-electron chi connectivity index (χ4n) is 1.62. The summed E-state index contributed by atoms with van der Waals surface area (Å²) < 4.78 is 4.55. The number of ether oxygens (including phenoxy) is 1. The lowest BCUT2D eigenvalue weighted by molar-refractivity contribution is -0.153. The van der Waals surface area contributed by atoms with Crippen LogP contribution in [0.3, 0.4) is 0 Å². The van der Waals surface area contributed by atoms with Crippen LogP contribution in [0.5, 0.6) is 0 Å². The van der Waals surface area contributed by atoms with E-state index in [1.807, 2.05) is 0 Å². The van der Waals surface area contributed by atoms with Crippen molar-refractivity contribution in [1.29, 1.82) is 0 Å². The van der Waals surface area contributed by atoms with Crippen molar-refractivity contribution >= 4 is 11.8 Å². The predicted octanol–water partition coefficient (Wildman–Crippen LogP) is -2.01. The highest BCUT2D eigenvalue weighted by atomic mass is 16.6. The second kappa shape index (κ2) is 11.0. The highest BCUT2D eigenvalue weighted by Crippen LogP contribution is 2.19. The lowest BCUT2D eigenvalue weighted by Gasteiger charge is -2.17. The van der Waals surface area contributed by atoms with Gasteiger partial charge in [-0.25, -0.2) is 4.79 Å². The van der Waals surface area contributed by atoms with Gasteiger partial charge in [-0.1, -0.05) is 11.8 Å². The third kappa shape index (κ3) is 6.48. The van der Waals surface area contributed by atoms with E-state index in [0.29, 0.717) is 0 Å². The molecule has 26 heavy (non-hydrogen) atoms. The number of Topliss-reactive ketones (excluding diaryl/α,β-unsaturated/α-hetero) is 1.